The van der Waals surface area contributed by atoms with Crippen molar-refractivity contribution in [1.82, 2.24) is 0 Å². The van der Waals surface area contributed by atoms with E-state index in [0.717, 1.165) is 13.1 Å². The zero-order valence-electron chi connectivity index (χ0n) is 20.5. The van der Waals surface area contributed by atoms with Crippen LogP contribution < -0.4 is 0 Å². The van der Waals surface area contributed by atoms with Crippen molar-refractivity contribution in [2.24, 2.45) is 10.8 Å². The number of nitrogens with zero attached hydrogens (tertiary/aromatic N) is 1. The molecule has 0 aliphatic carbocycles. The molecule has 1 nitrogen and oxygen atoms in total. The minimum Gasteiger partial charge on any atom is -0.662 e. The van der Waals surface area contributed by atoms with Crippen molar-refractivity contribution in [2.45, 2.75) is 144 Å². The van der Waals surface area contributed by atoms with Crippen LogP contribution in [-0.2, 0) is 16.8 Å². The van der Waals surface area contributed by atoms with Crippen LogP contribution in [0.5, 0.6) is 0 Å². The molecular formula is C26H54CoN-. The molecule has 0 saturated carbocycles. The molecule has 0 saturated heterocycles. The summed E-state index contributed by atoms with van der Waals surface area (Å²) in [5.74, 6) is 0. The molecule has 0 rings (SSSR count). The van der Waals surface area contributed by atoms with Crippen LogP contribution in [0.4, 0.5) is 0 Å². The van der Waals surface area contributed by atoms with E-state index in [1.165, 1.54) is 103 Å². The van der Waals surface area contributed by atoms with Crippen LogP contribution in [0.15, 0.2) is 0 Å². The van der Waals surface area contributed by atoms with Crippen LogP contribution in [0.2, 0.25) is 0 Å². The molecule has 0 aromatic carbocycles. The molecule has 0 aromatic rings. The first kappa shape index (κ1) is 30.7. The summed E-state index contributed by atoms with van der Waals surface area (Å²) < 4.78 is 0. The van der Waals surface area contributed by atoms with E-state index in [2.05, 4.69) is 41.5 Å². The molecule has 0 fully saturated rings. The average Bonchev–Trinajstić information content (AvgIpc) is 2.55. The van der Waals surface area contributed by atoms with Gasteiger partial charge >= 0.3 is 0 Å². The number of rotatable bonds is 18. The molecule has 0 aromatic heterocycles. The standard InChI is InChI=1S/C26H54N.Co/c1-25(2,3)21-17-13-9-7-11-15-19-23-27-24-20-16-12-8-10-14-18-22-26(4,5)6;/h7-24H2,1-6H3;/q-1;. The summed E-state index contributed by atoms with van der Waals surface area (Å²) in [7, 11) is 0. The Hall–Kier alpha value is 0.466. The van der Waals surface area contributed by atoms with Crippen molar-refractivity contribution < 1.29 is 16.8 Å². The van der Waals surface area contributed by atoms with Crippen molar-refractivity contribution in [2.75, 3.05) is 13.1 Å². The zero-order valence-corrected chi connectivity index (χ0v) is 21.5. The number of unbranched alkanes of at least 4 members (excludes halogenated alkanes) is 12. The SMILES string of the molecule is CC(C)(C)CCCCCCCCC[N-]CCCCCCCCCC(C)(C)C.[Co]. The smallest absolute Gasteiger partial charge is 0 e. The van der Waals surface area contributed by atoms with Gasteiger partial charge in [0.25, 0.3) is 0 Å². The molecule has 0 bridgehead atoms. The number of hydrogen-bond acceptors (Lipinski definition) is 0. The zero-order chi connectivity index (χ0) is 20.4. The molecule has 1 radical (unpaired) electrons. The largest absolute Gasteiger partial charge is 0.662 e. The second-order valence-corrected chi connectivity index (χ2v) is 11.2. The third-order valence-electron chi connectivity index (χ3n) is 5.49. The van der Waals surface area contributed by atoms with E-state index in [0.29, 0.717) is 10.8 Å². The van der Waals surface area contributed by atoms with Crippen LogP contribution in [0, 0.1) is 10.8 Å². The third kappa shape index (κ3) is 28.7. The van der Waals surface area contributed by atoms with Crippen LogP contribution in [-0.4, -0.2) is 13.1 Å². The Morgan fingerprint density at radius 3 is 0.929 bits per heavy atom. The van der Waals surface area contributed by atoms with E-state index < -0.39 is 0 Å². The molecular weight excluding hydrogens is 385 g/mol. The van der Waals surface area contributed by atoms with Crippen molar-refractivity contribution >= 4 is 0 Å². The Morgan fingerprint density at radius 2 is 0.643 bits per heavy atom. The Bertz CT molecular complexity index is 271. The summed E-state index contributed by atoms with van der Waals surface area (Å²) in [5.41, 5.74) is 1.04. The van der Waals surface area contributed by atoms with Crippen molar-refractivity contribution in [1.29, 1.82) is 0 Å². The Morgan fingerprint density at radius 1 is 0.393 bits per heavy atom. The maximum atomic E-state index is 4.72. The van der Waals surface area contributed by atoms with Gasteiger partial charge in [-0.2, -0.15) is 0 Å². The van der Waals surface area contributed by atoms with Crippen molar-refractivity contribution in [3.05, 3.63) is 5.32 Å². The predicted octanol–water partition coefficient (Wildman–Crippen LogP) is 9.69. The van der Waals surface area contributed by atoms with Gasteiger partial charge in [-0.25, -0.2) is 0 Å². The van der Waals surface area contributed by atoms with E-state index in [9.17, 15) is 0 Å². The quantitative estimate of drug-likeness (QED) is 0.189. The Kier molecular flexibility index (Phi) is 21.3. The Labute approximate surface area is 190 Å². The van der Waals surface area contributed by atoms with Gasteiger partial charge in [-0.3, -0.25) is 0 Å². The maximum Gasteiger partial charge on any atom is 0 e. The average molecular weight is 440 g/mol. The molecule has 0 aliphatic heterocycles. The molecule has 0 atom stereocenters. The third-order valence-corrected chi connectivity index (χ3v) is 5.49. The van der Waals surface area contributed by atoms with Gasteiger partial charge in [-0.15, -0.1) is 13.1 Å². The monoisotopic (exact) mass is 439 g/mol. The molecule has 173 valence electrons. The van der Waals surface area contributed by atoms with Crippen LogP contribution in [0.1, 0.15) is 144 Å². The maximum absolute atomic E-state index is 4.72. The minimum atomic E-state index is 0. The molecule has 28 heavy (non-hydrogen) atoms. The van der Waals surface area contributed by atoms with E-state index in [4.69, 9.17) is 5.32 Å². The fourth-order valence-corrected chi connectivity index (χ4v) is 3.64. The first-order chi connectivity index (χ1) is 12.7. The fraction of sp³-hybridized carbons (Fsp3) is 1.00. The van der Waals surface area contributed by atoms with Gasteiger partial charge in [-0.1, -0.05) is 131 Å². The molecule has 0 unspecified atom stereocenters. The van der Waals surface area contributed by atoms with Gasteiger partial charge in [0.15, 0.2) is 0 Å². The van der Waals surface area contributed by atoms with Gasteiger partial charge < -0.3 is 5.32 Å². The van der Waals surface area contributed by atoms with E-state index in [1.54, 1.807) is 0 Å². The van der Waals surface area contributed by atoms with E-state index in [-0.39, 0.29) is 16.8 Å². The summed E-state index contributed by atoms with van der Waals surface area (Å²) in [6.07, 6.45) is 22.4. The minimum absolute atomic E-state index is 0. The molecule has 0 aliphatic rings. The first-order valence-corrected chi connectivity index (χ1v) is 12.3. The normalized spacial score (nSPS) is 12.2. The Balaban J connectivity index is 0. The molecule has 0 heterocycles. The number of hydrogen-bond donors (Lipinski definition) is 0. The summed E-state index contributed by atoms with van der Waals surface area (Å²) in [4.78, 5) is 0. The van der Waals surface area contributed by atoms with Crippen molar-refractivity contribution in [3.63, 3.8) is 0 Å². The summed E-state index contributed by atoms with van der Waals surface area (Å²) in [6, 6.07) is 0. The van der Waals surface area contributed by atoms with Crippen molar-refractivity contribution in [3.8, 4) is 0 Å². The molecule has 2 heteroatoms. The summed E-state index contributed by atoms with van der Waals surface area (Å²) in [5, 5.41) is 4.72. The first-order valence-electron chi connectivity index (χ1n) is 12.3. The second kappa shape index (κ2) is 19.4. The van der Waals surface area contributed by atoms with Crippen LogP contribution >= 0.6 is 0 Å². The predicted molar refractivity (Wildman–Crippen MR) is 126 cm³/mol. The van der Waals surface area contributed by atoms with Gasteiger partial charge in [0.1, 0.15) is 0 Å². The van der Waals surface area contributed by atoms with Gasteiger partial charge in [0.05, 0.1) is 0 Å². The van der Waals surface area contributed by atoms with Gasteiger partial charge in [-0.05, 0) is 23.7 Å². The van der Waals surface area contributed by atoms with Crippen LogP contribution in [0.3, 0.4) is 0 Å². The van der Waals surface area contributed by atoms with Crippen LogP contribution in [0.25, 0.3) is 5.32 Å². The van der Waals surface area contributed by atoms with Gasteiger partial charge in [0, 0.05) is 16.8 Å². The fourth-order valence-electron chi connectivity index (χ4n) is 3.64. The molecule has 0 N–H and O–H groups in total. The second-order valence-electron chi connectivity index (χ2n) is 11.2. The topological polar surface area (TPSA) is 14.1 Å². The molecule has 0 amide bonds. The van der Waals surface area contributed by atoms with Gasteiger partial charge in [0.2, 0.25) is 0 Å². The van der Waals surface area contributed by atoms with E-state index in [1.807, 2.05) is 0 Å². The summed E-state index contributed by atoms with van der Waals surface area (Å²) >= 11 is 0. The summed E-state index contributed by atoms with van der Waals surface area (Å²) in [6.45, 7) is 16.3. The van der Waals surface area contributed by atoms with E-state index >= 15 is 0 Å². The molecule has 0 spiro atoms.